The van der Waals surface area contributed by atoms with Crippen LogP contribution in [-0.2, 0) is 16.1 Å². The largest absolute Gasteiger partial charge is 0.619 e. The number of fused-ring (bicyclic) bond motifs is 1. The molecule has 1 aliphatic rings. The third-order valence-corrected chi connectivity index (χ3v) is 3.30. The Morgan fingerprint density at radius 3 is 2.71 bits per heavy atom. The Balaban J connectivity index is 1.46. The summed E-state index contributed by atoms with van der Waals surface area (Å²) in [5.41, 5.74) is 1.03. The summed E-state index contributed by atoms with van der Waals surface area (Å²) in [6.45, 7) is 0.0527. The van der Waals surface area contributed by atoms with E-state index in [0.29, 0.717) is 16.2 Å². The van der Waals surface area contributed by atoms with Crippen molar-refractivity contribution < 1.29 is 28.5 Å². The summed E-state index contributed by atoms with van der Waals surface area (Å²) in [5.74, 6) is 0.193. The van der Waals surface area contributed by atoms with Crippen LogP contribution in [0.5, 0.6) is 11.5 Å². The minimum Gasteiger partial charge on any atom is -0.619 e. The average molecular weight is 330 g/mol. The summed E-state index contributed by atoms with van der Waals surface area (Å²) in [5, 5.41) is 13.5. The van der Waals surface area contributed by atoms with E-state index in [2.05, 4.69) is 5.32 Å². The van der Waals surface area contributed by atoms with E-state index in [1.54, 1.807) is 12.1 Å². The number of aromatic nitrogens is 1. The maximum atomic E-state index is 11.7. The molecular weight excluding hydrogens is 316 g/mol. The fourth-order valence-corrected chi connectivity index (χ4v) is 2.07. The van der Waals surface area contributed by atoms with Gasteiger partial charge in [0.1, 0.15) is 0 Å². The molecule has 2 aromatic rings. The van der Waals surface area contributed by atoms with E-state index in [1.165, 1.54) is 24.5 Å². The number of nitrogens with one attached hydrogen (secondary N) is 1. The van der Waals surface area contributed by atoms with Crippen molar-refractivity contribution in [3.8, 4) is 11.5 Å². The Hall–Kier alpha value is -3.29. The summed E-state index contributed by atoms with van der Waals surface area (Å²) >= 11 is 0. The fraction of sp³-hybridized carbons (Fsp3) is 0.188. The smallest absolute Gasteiger partial charge is 0.339 e. The van der Waals surface area contributed by atoms with Gasteiger partial charge in [-0.3, -0.25) is 4.79 Å². The van der Waals surface area contributed by atoms with Gasteiger partial charge in [0.05, 0.1) is 5.56 Å². The van der Waals surface area contributed by atoms with E-state index in [9.17, 15) is 14.8 Å². The van der Waals surface area contributed by atoms with Crippen molar-refractivity contribution in [3.05, 3.63) is 59.1 Å². The van der Waals surface area contributed by atoms with E-state index in [4.69, 9.17) is 14.2 Å². The molecule has 1 N–H and O–H groups in total. The van der Waals surface area contributed by atoms with Crippen molar-refractivity contribution in [2.75, 3.05) is 13.4 Å². The number of ether oxygens (including phenoxy) is 3. The lowest BCUT2D eigenvalue weighted by molar-refractivity contribution is -0.605. The van der Waals surface area contributed by atoms with Crippen LogP contribution in [0.15, 0.2) is 42.7 Å². The minimum absolute atomic E-state index is 0.187. The maximum Gasteiger partial charge on any atom is 0.339 e. The summed E-state index contributed by atoms with van der Waals surface area (Å²) < 4.78 is 15.9. The van der Waals surface area contributed by atoms with E-state index in [1.807, 2.05) is 6.07 Å². The molecule has 0 aliphatic carbocycles. The van der Waals surface area contributed by atoms with Crippen molar-refractivity contribution in [1.29, 1.82) is 0 Å². The Labute approximate surface area is 137 Å². The minimum atomic E-state index is -0.672. The first-order chi connectivity index (χ1) is 11.6. The number of pyridine rings is 1. The highest BCUT2D eigenvalue weighted by molar-refractivity contribution is 5.91. The van der Waals surface area contributed by atoms with Crippen molar-refractivity contribution >= 4 is 11.9 Å². The third-order valence-electron chi connectivity index (χ3n) is 3.30. The molecule has 0 unspecified atom stereocenters. The predicted molar refractivity (Wildman–Crippen MR) is 80.1 cm³/mol. The van der Waals surface area contributed by atoms with Gasteiger partial charge in [0, 0.05) is 18.7 Å². The molecule has 0 spiro atoms. The predicted octanol–water partition coefficient (Wildman–Crippen LogP) is 0.522. The van der Waals surface area contributed by atoms with Crippen LogP contribution in [0.4, 0.5) is 0 Å². The van der Waals surface area contributed by atoms with E-state index in [-0.39, 0.29) is 18.9 Å². The molecule has 8 heteroatoms. The number of carbonyl (C=O) groups is 2. The molecular formula is C16H14N2O6. The first-order valence-corrected chi connectivity index (χ1v) is 7.13. The van der Waals surface area contributed by atoms with Gasteiger partial charge < -0.3 is 24.7 Å². The number of esters is 1. The SMILES string of the molecule is O=C(COC(=O)c1cc[n+]([O-])cc1)NCc1ccc2c(c1)OCO2. The van der Waals surface area contributed by atoms with Gasteiger partial charge in [0.15, 0.2) is 30.5 Å². The lowest BCUT2D eigenvalue weighted by atomic mass is 10.2. The lowest BCUT2D eigenvalue weighted by Crippen LogP contribution is -2.29. The molecule has 0 fully saturated rings. The number of hydrogen-bond donors (Lipinski definition) is 1. The van der Waals surface area contributed by atoms with Gasteiger partial charge in [-0.05, 0) is 17.7 Å². The van der Waals surface area contributed by atoms with Crippen molar-refractivity contribution in [2.24, 2.45) is 0 Å². The normalized spacial score (nSPS) is 11.8. The number of carbonyl (C=O) groups excluding carboxylic acids is 2. The van der Waals surface area contributed by atoms with Crippen LogP contribution < -0.4 is 19.5 Å². The van der Waals surface area contributed by atoms with E-state index in [0.717, 1.165) is 5.56 Å². The van der Waals surface area contributed by atoms with Gasteiger partial charge in [0.2, 0.25) is 6.79 Å². The zero-order valence-electron chi connectivity index (χ0n) is 12.6. The molecule has 0 saturated carbocycles. The number of rotatable bonds is 5. The number of benzene rings is 1. The highest BCUT2D eigenvalue weighted by Gasteiger charge is 2.14. The van der Waals surface area contributed by atoms with Gasteiger partial charge in [-0.2, -0.15) is 4.73 Å². The molecule has 8 nitrogen and oxygen atoms in total. The van der Waals surface area contributed by atoms with Gasteiger partial charge >= 0.3 is 5.97 Å². The third kappa shape index (κ3) is 3.72. The first-order valence-electron chi connectivity index (χ1n) is 7.13. The highest BCUT2D eigenvalue weighted by Crippen LogP contribution is 2.32. The van der Waals surface area contributed by atoms with Gasteiger partial charge in [-0.15, -0.1) is 0 Å². The summed E-state index contributed by atoms with van der Waals surface area (Å²) in [6, 6.07) is 7.99. The molecule has 0 saturated heterocycles. The van der Waals surface area contributed by atoms with Crippen molar-refractivity contribution in [2.45, 2.75) is 6.54 Å². The molecule has 0 bridgehead atoms. The van der Waals surface area contributed by atoms with E-state index < -0.39 is 18.5 Å². The molecule has 24 heavy (non-hydrogen) atoms. The molecule has 2 heterocycles. The molecule has 124 valence electrons. The summed E-state index contributed by atoms with van der Waals surface area (Å²) in [6.07, 6.45) is 2.35. The van der Waals surface area contributed by atoms with Gasteiger partial charge in [0.25, 0.3) is 5.91 Å². The Morgan fingerprint density at radius 1 is 1.17 bits per heavy atom. The number of nitrogens with zero attached hydrogens (tertiary/aromatic N) is 1. The van der Waals surface area contributed by atoms with Crippen LogP contribution in [0.25, 0.3) is 0 Å². The monoisotopic (exact) mass is 330 g/mol. The highest BCUT2D eigenvalue weighted by atomic mass is 16.7. The summed E-state index contributed by atoms with van der Waals surface area (Å²) in [4.78, 5) is 23.5. The molecule has 0 radical (unpaired) electrons. The topological polar surface area (TPSA) is 101 Å². The number of hydrogen-bond acceptors (Lipinski definition) is 6. The Morgan fingerprint density at radius 2 is 1.92 bits per heavy atom. The van der Waals surface area contributed by atoms with Crippen LogP contribution >= 0.6 is 0 Å². The molecule has 1 aliphatic heterocycles. The zero-order valence-corrected chi connectivity index (χ0v) is 12.6. The fourth-order valence-electron chi connectivity index (χ4n) is 2.07. The van der Waals surface area contributed by atoms with Crippen molar-refractivity contribution in [1.82, 2.24) is 5.32 Å². The first kappa shape index (κ1) is 15.6. The standard InChI is InChI=1S/C16H14N2O6/c19-15(9-22-16(20)12-3-5-18(21)6-4-12)17-8-11-1-2-13-14(7-11)24-10-23-13/h1-7H,8-10H2,(H,17,19). The Bertz CT molecular complexity index is 760. The molecule has 1 aromatic heterocycles. The Kier molecular flexibility index (Phi) is 4.46. The second-order valence-electron chi connectivity index (χ2n) is 4.99. The average Bonchev–Trinajstić information content (AvgIpc) is 3.06. The molecule has 1 amide bonds. The van der Waals surface area contributed by atoms with Crippen molar-refractivity contribution in [3.63, 3.8) is 0 Å². The molecule has 0 atom stereocenters. The van der Waals surface area contributed by atoms with Gasteiger partial charge in [-0.25, -0.2) is 4.79 Å². The second-order valence-corrected chi connectivity index (χ2v) is 4.99. The quantitative estimate of drug-likeness (QED) is 0.487. The molecule has 3 rings (SSSR count). The maximum absolute atomic E-state index is 11.7. The van der Waals surface area contributed by atoms with Crippen LogP contribution in [0.2, 0.25) is 0 Å². The summed E-state index contributed by atoms with van der Waals surface area (Å²) in [7, 11) is 0. The second kappa shape index (κ2) is 6.86. The lowest BCUT2D eigenvalue weighted by Gasteiger charge is -2.07. The van der Waals surface area contributed by atoms with Crippen LogP contribution in [0, 0.1) is 5.21 Å². The zero-order chi connectivity index (χ0) is 16.9. The van der Waals surface area contributed by atoms with Crippen LogP contribution in [0.1, 0.15) is 15.9 Å². The van der Waals surface area contributed by atoms with Crippen LogP contribution in [0.3, 0.4) is 0 Å². The number of amides is 1. The van der Waals surface area contributed by atoms with E-state index >= 15 is 0 Å². The van der Waals surface area contributed by atoms with Crippen LogP contribution in [-0.4, -0.2) is 25.3 Å². The molecule has 1 aromatic carbocycles. The van der Waals surface area contributed by atoms with Gasteiger partial charge in [-0.1, -0.05) is 6.07 Å².